The minimum atomic E-state index is -3.82. The fourth-order valence-electron chi connectivity index (χ4n) is 4.16. The summed E-state index contributed by atoms with van der Waals surface area (Å²) < 4.78 is 39.7. The normalized spacial score (nSPS) is 12.8. The van der Waals surface area contributed by atoms with Gasteiger partial charge in [-0.25, -0.2) is 13.2 Å². The Kier molecular flexibility index (Phi) is 7.80. The standard InChI is InChI=1S/C29H33N3O5S/c1-19(18-36-5)30-28(33)37-27-26(20-9-7-6-8-10-20)24-17-22(13-16-25(24)31-27)32-38(34,35)23-14-11-21(12-15-23)29(2,3)4/h6-17,19,31-32H,18H2,1-5H3,(H,30,33)/t19-/m0/s1. The molecule has 4 aromatic rings. The van der Waals surface area contributed by atoms with Crippen molar-refractivity contribution in [2.24, 2.45) is 0 Å². The third-order valence-electron chi connectivity index (χ3n) is 6.09. The average Bonchev–Trinajstić information content (AvgIpc) is 3.20. The minimum Gasteiger partial charge on any atom is -0.393 e. The second kappa shape index (κ2) is 10.9. The van der Waals surface area contributed by atoms with Crippen LogP contribution in [-0.2, 0) is 20.2 Å². The van der Waals surface area contributed by atoms with Crippen molar-refractivity contribution in [1.82, 2.24) is 10.3 Å². The average molecular weight is 536 g/mol. The Morgan fingerprint density at radius 3 is 2.32 bits per heavy atom. The summed E-state index contributed by atoms with van der Waals surface area (Å²) in [4.78, 5) is 15.9. The maximum Gasteiger partial charge on any atom is 0.414 e. The van der Waals surface area contributed by atoms with E-state index in [-0.39, 0.29) is 22.2 Å². The number of amides is 1. The van der Waals surface area contributed by atoms with Gasteiger partial charge in [0.15, 0.2) is 0 Å². The van der Waals surface area contributed by atoms with Gasteiger partial charge in [-0.15, -0.1) is 0 Å². The molecular weight excluding hydrogens is 502 g/mol. The highest BCUT2D eigenvalue weighted by atomic mass is 32.2. The summed E-state index contributed by atoms with van der Waals surface area (Å²) in [6, 6.07) is 21.2. The first-order chi connectivity index (χ1) is 18.0. The van der Waals surface area contributed by atoms with Crippen LogP contribution < -0.4 is 14.8 Å². The number of sulfonamides is 1. The van der Waals surface area contributed by atoms with E-state index in [0.29, 0.717) is 28.8 Å². The number of fused-ring (bicyclic) bond motifs is 1. The molecule has 0 fully saturated rings. The molecule has 0 aliphatic carbocycles. The van der Waals surface area contributed by atoms with E-state index in [1.54, 1.807) is 37.4 Å². The quantitative estimate of drug-likeness (QED) is 0.254. The lowest BCUT2D eigenvalue weighted by molar-refractivity contribution is 0.158. The van der Waals surface area contributed by atoms with Crippen LogP contribution >= 0.6 is 0 Å². The van der Waals surface area contributed by atoms with Gasteiger partial charge >= 0.3 is 6.09 Å². The van der Waals surface area contributed by atoms with E-state index >= 15 is 0 Å². The zero-order valence-corrected chi connectivity index (χ0v) is 23.0. The van der Waals surface area contributed by atoms with Crippen molar-refractivity contribution >= 4 is 32.7 Å². The lowest BCUT2D eigenvalue weighted by Crippen LogP contribution is -2.37. The van der Waals surface area contributed by atoms with Crippen molar-refractivity contribution in [2.75, 3.05) is 18.4 Å². The van der Waals surface area contributed by atoms with Crippen LogP contribution in [0.5, 0.6) is 5.88 Å². The van der Waals surface area contributed by atoms with E-state index in [0.717, 1.165) is 11.1 Å². The zero-order valence-electron chi connectivity index (χ0n) is 22.2. The highest BCUT2D eigenvalue weighted by Crippen LogP contribution is 2.39. The van der Waals surface area contributed by atoms with Crippen LogP contribution in [0.15, 0.2) is 77.7 Å². The molecule has 0 aliphatic rings. The number of anilines is 1. The largest absolute Gasteiger partial charge is 0.414 e. The van der Waals surface area contributed by atoms with E-state index in [1.165, 1.54) is 0 Å². The van der Waals surface area contributed by atoms with E-state index < -0.39 is 16.1 Å². The maximum absolute atomic E-state index is 13.2. The first-order valence-corrected chi connectivity index (χ1v) is 13.8. The number of rotatable bonds is 8. The monoisotopic (exact) mass is 535 g/mol. The van der Waals surface area contributed by atoms with Crippen molar-refractivity contribution in [3.8, 4) is 17.0 Å². The molecule has 0 saturated heterocycles. The van der Waals surface area contributed by atoms with Gasteiger partial charge in [-0.1, -0.05) is 63.2 Å². The minimum absolute atomic E-state index is 0.0820. The van der Waals surface area contributed by atoms with Gasteiger partial charge in [0.1, 0.15) is 0 Å². The number of nitrogens with one attached hydrogen (secondary N) is 3. The van der Waals surface area contributed by atoms with Gasteiger partial charge in [-0.2, -0.15) is 0 Å². The van der Waals surface area contributed by atoms with Gasteiger partial charge in [-0.05, 0) is 53.8 Å². The highest BCUT2D eigenvalue weighted by Gasteiger charge is 2.21. The van der Waals surface area contributed by atoms with Gasteiger partial charge in [0.2, 0.25) is 5.88 Å². The molecule has 0 spiro atoms. The lowest BCUT2D eigenvalue weighted by atomic mass is 9.87. The van der Waals surface area contributed by atoms with Gasteiger partial charge in [0.25, 0.3) is 10.0 Å². The van der Waals surface area contributed by atoms with E-state index in [4.69, 9.17) is 9.47 Å². The van der Waals surface area contributed by atoms with Crippen LogP contribution in [0, 0.1) is 0 Å². The molecule has 0 unspecified atom stereocenters. The van der Waals surface area contributed by atoms with Gasteiger partial charge in [0.05, 0.1) is 23.1 Å². The molecule has 9 heteroatoms. The smallest absolute Gasteiger partial charge is 0.393 e. The number of benzene rings is 3. The summed E-state index contributed by atoms with van der Waals surface area (Å²) in [6.07, 6.45) is -0.627. The molecule has 4 rings (SSSR count). The van der Waals surface area contributed by atoms with E-state index in [9.17, 15) is 13.2 Å². The molecule has 1 amide bonds. The van der Waals surface area contributed by atoms with Crippen molar-refractivity contribution in [3.63, 3.8) is 0 Å². The second-order valence-corrected chi connectivity index (χ2v) is 11.9. The van der Waals surface area contributed by atoms with Gasteiger partial charge in [0, 0.05) is 23.7 Å². The summed E-state index contributed by atoms with van der Waals surface area (Å²) in [5, 5.41) is 3.43. The Labute approximate surface area is 223 Å². The number of H-pyrrole nitrogens is 1. The Morgan fingerprint density at radius 2 is 1.68 bits per heavy atom. The molecule has 1 aromatic heterocycles. The van der Waals surface area contributed by atoms with Crippen molar-refractivity contribution in [2.45, 2.75) is 44.0 Å². The number of hydrogen-bond acceptors (Lipinski definition) is 5. The van der Waals surface area contributed by atoms with E-state index in [1.807, 2.05) is 49.4 Å². The van der Waals surface area contributed by atoms with Crippen LogP contribution in [0.3, 0.4) is 0 Å². The number of hydrogen-bond donors (Lipinski definition) is 3. The lowest BCUT2D eigenvalue weighted by Gasteiger charge is -2.19. The Bertz CT molecular complexity index is 1520. The molecule has 8 nitrogen and oxygen atoms in total. The predicted molar refractivity (Wildman–Crippen MR) is 150 cm³/mol. The molecule has 38 heavy (non-hydrogen) atoms. The Morgan fingerprint density at radius 1 is 1.00 bits per heavy atom. The summed E-state index contributed by atoms with van der Waals surface area (Å²) in [6.45, 7) is 8.38. The molecule has 0 saturated carbocycles. The van der Waals surface area contributed by atoms with Crippen LogP contribution in [0.25, 0.3) is 22.0 Å². The van der Waals surface area contributed by atoms with Crippen molar-refractivity contribution in [1.29, 1.82) is 0 Å². The van der Waals surface area contributed by atoms with Crippen LogP contribution in [0.4, 0.5) is 10.5 Å². The third kappa shape index (κ3) is 6.17. The summed E-state index contributed by atoms with van der Waals surface area (Å²) in [5.74, 6) is 0.256. The third-order valence-corrected chi connectivity index (χ3v) is 7.48. The zero-order chi connectivity index (χ0) is 27.5. The fourth-order valence-corrected chi connectivity index (χ4v) is 5.21. The van der Waals surface area contributed by atoms with Crippen LogP contribution in [0.2, 0.25) is 0 Å². The number of aromatic amines is 1. The summed E-state index contributed by atoms with van der Waals surface area (Å²) in [5.41, 5.74) is 3.50. The van der Waals surface area contributed by atoms with Crippen LogP contribution in [0.1, 0.15) is 33.3 Å². The molecule has 1 atom stereocenters. The maximum atomic E-state index is 13.2. The number of carbonyl (C=O) groups is 1. The second-order valence-electron chi connectivity index (χ2n) is 10.2. The first-order valence-electron chi connectivity index (χ1n) is 12.3. The molecule has 3 aromatic carbocycles. The number of methoxy groups -OCH3 is 1. The first kappa shape index (κ1) is 27.2. The van der Waals surface area contributed by atoms with Gasteiger partial charge < -0.3 is 19.8 Å². The molecule has 0 radical (unpaired) electrons. The number of carbonyl (C=O) groups excluding carboxylic acids is 1. The molecule has 0 bridgehead atoms. The van der Waals surface area contributed by atoms with Crippen LogP contribution in [-0.4, -0.2) is 39.3 Å². The van der Waals surface area contributed by atoms with E-state index in [2.05, 4.69) is 35.8 Å². The van der Waals surface area contributed by atoms with Gasteiger partial charge in [-0.3, -0.25) is 4.72 Å². The fraction of sp³-hybridized carbons (Fsp3) is 0.276. The molecular formula is C29H33N3O5S. The van der Waals surface area contributed by atoms with Crippen molar-refractivity contribution in [3.05, 3.63) is 78.4 Å². The Balaban J connectivity index is 1.68. The Hall–Kier alpha value is -3.82. The summed E-state index contributed by atoms with van der Waals surface area (Å²) in [7, 11) is -2.26. The number of aromatic nitrogens is 1. The SMILES string of the molecule is COC[C@H](C)NC(=O)Oc1[nH]c2ccc(NS(=O)(=O)c3ccc(C(C)(C)C)cc3)cc2c1-c1ccccc1. The molecule has 0 aliphatic heterocycles. The molecule has 200 valence electrons. The number of ether oxygens (including phenoxy) is 2. The molecule has 1 heterocycles. The molecule has 3 N–H and O–H groups in total. The van der Waals surface area contributed by atoms with Crippen molar-refractivity contribution < 1.29 is 22.7 Å². The summed E-state index contributed by atoms with van der Waals surface area (Å²) >= 11 is 0. The highest BCUT2D eigenvalue weighted by molar-refractivity contribution is 7.92. The topological polar surface area (TPSA) is 110 Å². The predicted octanol–water partition coefficient (Wildman–Crippen LogP) is 6.06.